The van der Waals surface area contributed by atoms with Crippen LogP contribution in [0.3, 0.4) is 0 Å². The van der Waals surface area contributed by atoms with Crippen LogP contribution in [-0.2, 0) is 11.3 Å². The lowest BCUT2D eigenvalue weighted by atomic mass is 10.3. The summed E-state index contributed by atoms with van der Waals surface area (Å²) in [6.07, 6.45) is 0. The summed E-state index contributed by atoms with van der Waals surface area (Å²) < 4.78 is 26.1. The van der Waals surface area contributed by atoms with Gasteiger partial charge in [-0.05, 0) is 41.2 Å². The third-order valence-electron chi connectivity index (χ3n) is 2.84. The van der Waals surface area contributed by atoms with Crippen LogP contribution in [0.4, 0.5) is 14.5 Å². The van der Waals surface area contributed by atoms with Crippen LogP contribution < -0.4 is 5.32 Å². The van der Waals surface area contributed by atoms with E-state index in [4.69, 9.17) is 0 Å². The summed E-state index contributed by atoms with van der Waals surface area (Å²) in [4.78, 5) is 15.5. The summed E-state index contributed by atoms with van der Waals surface area (Å²) in [6.45, 7) is 0.834. The maximum absolute atomic E-state index is 12.5. The van der Waals surface area contributed by atoms with Crippen LogP contribution in [0, 0.1) is 0 Å². The van der Waals surface area contributed by atoms with Gasteiger partial charge in [0.05, 0.1) is 12.2 Å². The number of carbonyl (C=O) groups excluding carboxylic acids is 1. The number of thioether (sulfide) groups is 1. The van der Waals surface area contributed by atoms with Gasteiger partial charge in [-0.25, -0.2) is 0 Å². The Labute approximate surface area is 150 Å². The summed E-state index contributed by atoms with van der Waals surface area (Å²) in [5.74, 6) is -2.75. The molecule has 1 aromatic carbocycles. The standard InChI is InChI=1S/C15H15BrF2N2OS2/c1-20(7-11-6-10(16)9-22-11)8-14(21)19-12-4-2-3-5-13(12)23-15(17)18/h2-6,9,15H,7-8H2,1H3,(H,19,21). The lowest BCUT2D eigenvalue weighted by Crippen LogP contribution is -2.29. The SMILES string of the molecule is CN(CC(=O)Nc1ccccc1SC(F)F)Cc1cc(Br)cs1. The first kappa shape index (κ1) is 18.4. The fourth-order valence-corrected chi connectivity index (χ4v) is 4.09. The van der Waals surface area contributed by atoms with Crippen molar-refractivity contribution >= 4 is 50.6 Å². The van der Waals surface area contributed by atoms with Crippen molar-refractivity contribution in [3.8, 4) is 0 Å². The molecule has 0 unspecified atom stereocenters. The van der Waals surface area contributed by atoms with Crippen LogP contribution in [0.5, 0.6) is 0 Å². The Kier molecular flexibility index (Phi) is 7.01. The number of likely N-dealkylation sites (N-methyl/N-ethyl adjacent to an activating group) is 1. The molecule has 2 aromatic rings. The zero-order valence-corrected chi connectivity index (χ0v) is 15.5. The lowest BCUT2D eigenvalue weighted by Gasteiger charge is -2.16. The van der Waals surface area contributed by atoms with Crippen LogP contribution in [0.15, 0.2) is 45.1 Å². The van der Waals surface area contributed by atoms with Gasteiger partial charge in [0, 0.05) is 26.2 Å². The first-order valence-corrected chi connectivity index (χ1v) is 9.24. The molecule has 124 valence electrons. The van der Waals surface area contributed by atoms with E-state index in [-0.39, 0.29) is 12.5 Å². The Morgan fingerprint density at radius 3 is 2.83 bits per heavy atom. The number of anilines is 1. The number of nitrogens with one attached hydrogen (secondary N) is 1. The lowest BCUT2D eigenvalue weighted by molar-refractivity contribution is -0.117. The summed E-state index contributed by atoms with van der Waals surface area (Å²) in [6, 6.07) is 8.57. The van der Waals surface area contributed by atoms with Gasteiger partial charge >= 0.3 is 0 Å². The number of alkyl halides is 2. The van der Waals surface area contributed by atoms with E-state index in [1.165, 1.54) is 0 Å². The number of benzene rings is 1. The smallest absolute Gasteiger partial charge is 0.288 e. The molecule has 23 heavy (non-hydrogen) atoms. The highest BCUT2D eigenvalue weighted by Gasteiger charge is 2.13. The van der Waals surface area contributed by atoms with E-state index in [2.05, 4.69) is 21.2 Å². The summed E-state index contributed by atoms with van der Waals surface area (Å²) in [5.41, 5.74) is 0.412. The molecule has 1 amide bonds. The van der Waals surface area contributed by atoms with Crippen LogP contribution in [0.1, 0.15) is 4.88 Å². The number of carbonyl (C=O) groups is 1. The second kappa shape index (κ2) is 8.77. The van der Waals surface area contributed by atoms with Crippen LogP contribution in [0.25, 0.3) is 0 Å². The molecule has 1 heterocycles. The number of rotatable bonds is 7. The topological polar surface area (TPSA) is 32.3 Å². The summed E-state index contributed by atoms with van der Waals surface area (Å²) in [5, 5.41) is 4.68. The third-order valence-corrected chi connectivity index (χ3v) is 5.31. The van der Waals surface area contributed by atoms with Crippen LogP contribution in [0.2, 0.25) is 0 Å². The largest absolute Gasteiger partial charge is 0.324 e. The second-order valence-corrected chi connectivity index (χ2v) is 7.77. The molecule has 0 atom stereocenters. The highest BCUT2D eigenvalue weighted by molar-refractivity contribution is 9.10. The Bertz CT molecular complexity index is 666. The molecule has 3 nitrogen and oxygen atoms in total. The Balaban J connectivity index is 1.91. The highest BCUT2D eigenvalue weighted by atomic mass is 79.9. The first-order valence-electron chi connectivity index (χ1n) is 6.69. The molecule has 1 aromatic heterocycles. The molecule has 0 saturated carbocycles. The number of amides is 1. The second-order valence-electron chi connectivity index (χ2n) is 4.83. The molecule has 0 saturated heterocycles. The van der Waals surface area contributed by atoms with Gasteiger partial charge in [0.2, 0.25) is 5.91 Å². The van der Waals surface area contributed by atoms with Gasteiger partial charge in [-0.15, -0.1) is 11.3 Å². The fourth-order valence-electron chi connectivity index (χ4n) is 1.96. The van der Waals surface area contributed by atoms with E-state index < -0.39 is 5.76 Å². The molecule has 0 aliphatic heterocycles. The quantitative estimate of drug-likeness (QED) is 0.646. The monoisotopic (exact) mass is 420 g/mol. The third kappa shape index (κ3) is 6.21. The zero-order chi connectivity index (χ0) is 16.8. The number of halogens is 3. The van der Waals surface area contributed by atoms with Crippen molar-refractivity contribution in [2.75, 3.05) is 18.9 Å². The predicted octanol–water partition coefficient (Wildman–Crippen LogP) is 4.90. The van der Waals surface area contributed by atoms with E-state index in [1.807, 2.05) is 23.4 Å². The van der Waals surface area contributed by atoms with Crippen molar-refractivity contribution in [3.63, 3.8) is 0 Å². The molecule has 0 aliphatic carbocycles. The normalized spacial score (nSPS) is 11.2. The van der Waals surface area contributed by atoms with E-state index >= 15 is 0 Å². The van der Waals surface area contributed by atoms with Crippen molar-refractivity contribution in [3.05, 3.63) is 45.1 Å². The zero-order valence-electron chi connectivity index (χ0n) is 12.3. The Morgan fingerprint density at radius 2 is 2.17 bits per heavy atom. The van der Waals surface area contributed by atoms with Gasteiger partial charge in [-0.1, -0.05) is 23.9 Å². The van der Waals surface area contributed by atoms with Crippen molar-refractivity contribution in [2.45, 2.75) is 17.2 Å². The molecule has 0 aliphatic rings. The fraction of sp³-hybridized carbons (Fsp3) is 0.267. The average molecular weight is 421 g/mol. The van der Waals surface area contributed by atoms with Crippen molar-refractivity contribution in [2.24, 2.45) is 0 Å². The molecule has 0 bridgehead atoms. The summed E-state index contributed by atoms with van der Waals surface area (Å²) in [7, 11) is 1.84. The van der Waals surface area contributed by atoms with Crippen molar-refractivity contribution in [1.29, 1.82) is 0 Å². The van der Waals surface area contributed by atoms with Gasteiger partial charge in [-0.2, -0.15) is 8.78 Å². The average Bonchev–Trinajstić information content (AvgIpc) is 2.85. The Hall–Kier alpha value is -0.960. The molecular weight excluding hydrogens is 406 g/mol. The maximum atomic E-state index is 12.5. The van der Waals surface area contributed by atoms with Gasteiger partial charge < -0.3 is 5.32 Å². The van der Waals surface area contributed by atoms with Gasteiger partial charge in [0.15, 0.2) is 0 Å². The molecule has 1 N–H and O–H groups in total. The van der Waals surface area contributed by atoms with Crippen molar-refractivity contribution in [1.82, 2.24) is 4.90 Å². The maximum Gasteiger partial charge on any atom is 0.288 e. The Morgan fingerprint density at radius 1 is 1.43 bits per heavy atom. The number of para-hydroxylation sites is 1. The molecule has 0 fully saturated rings. The van der Waals surface area contributed by atoms with E-state index in [1.54, 1.807) is 35.6 Å². The molecule has 0 radical (unpaired) electrons. The van der Waals surface area contributed by atoms with Crippen LogP contribution in [-0.4, -0.2) is 30.2 Å². The molecule has 0 spiro atoms. The number of thiophene rings is 1. The van der Waals surface area contributed by atoms with E-state index in [0.29, 0.717) is 28.9 Å². The van der Waals surface area contributed by atoms with Gasteiger partial charge in [0.1, 0.15) is 0 Å². The van der Waals surface area contributed by atoms with E-state index in [9.17, 15) is 13.6 Å². The van der Waals surface area contributed by atoms with Crippen LogP contribution >= 0.6 is 39.0 Å². The minimum Gasteiger partial charge on any atom is -0.324 e. The minimum absolute atomic E-state index is 0.184. The first-order chi connectivity index (χ1) is 10.9. The molecule has 2 rings (SSSR count). The van der Waals surface area contributed by atoms with Gasteiger partial charge in [0.25, 0.3) is 5.76 Å². The van der Waals surface area contributed by atoms with E-state index in [0.717, 1.165) is 9.35 Å². The molecule has 8 heteroatoms. The highest BCUT2D eigenvalue weighted by Crippen LogP contribution is 2.31. The predicted molar refractivity (Wildman–Crippen MR) is 95.3 cm³/mol. The minimum atomic E-state index is -2.52. The molecular formula is C15H15BrF2N2OS2. The summed E-state index contributed by atoms with van der Waals surface area (Å²) >= 11 is 5.43. The number of nitrogens with zero attached hydrogens (tertiary/aromatic N) is 1. The number of hydrogen-bond acceptors (Lipinski definition) is 4. The number of hydrogen-bond donors (Lipinski definition) is 1. The van der Waals surface area contributed by atoms with Gasteiger partial charge in [-0.3, -0.25) is 9.69 Å². The van der Waals surface area contributed by atoms with Crippen molar-refractivity contribution < 1.29 is 13.6 Å².